The standard InChI is InChI=1S/C17H16N2O3S2/c1-3-13(17(20)21)24-16-14-12(8-23-15(14)18-9-19-16)10-4-6-11(22-2)7-5-10/h4-9,13H,3H2,1-2H3,(H,20,21)/t13-/m0/s1. The largest absolute Gasteiger partial charge is 0.497 e. The SMILES string of the molecule is CC[C@H](Sc1ncnc2scc(-c3ccc(OC)cc3)c12)C(=O)O. The second kappa shape index (κ2) is 7.19. The van der Waals surface area contributed by atoms with Crippen molar-refractivity contribution < 1.29 is 14.6 Å². The first-order valence-electron chi connectivity index (χ1n) is 7.40. The first kappa shape index (κ1) is 16.7. The molecule has 0 bridgehead atoms. The maximum absolute atomic E-state index is 11.4. The van der Waals surface area contributed by atoms with Crippen LogP contribution in [-0.2, 0) is 4.79 Å². The quantitative estimate of drug-likeness (QED) is 0.521. The molecule has 0 amide bonds. The van der Waals surface area contributed by atoms with Crippen LogP contribution in [0.4, 0.5) is 0 Å². The van der Waals surface area contributed by atoms with Crippen LogP contribution in [0.15, 0.2) is 41.0 Å². The number of nitrogens with zero attached hydrogens (tertiary/aromatic N) is 2. The van der Waals surface area contributed by atoms with Gasteiger partial charge in [-0.15, -0.1) is 11.3 Å². The molecule has 1 atom stereocenters. The molecule has 24 heavy (non-hydrogen) atoms. The van der Waals surface area contributed by atoms with E-state index in [4.69, 9.17) is 4.74 Å². The summed E-state index contributed by atoms with van der Waals surface area (Å²) < 4.78 is 5.20. The van der Waals surface area contributed by atoms with Gasteiger partial charge in [-0.2, -0.15) is 0 Å². The van der Waals surface area contributed by atoms with Crippen LogP contribution < -0.4 is 4.74 Å². The van der Waals surface area contributed by atoms with Gasteiger partial charge >= 0.3 is 5.97 Å². The Kier molecular flexibility index (Phi) is 5.01. The molecule has 0 spiro atoms. The third-order valence-corrected chi connectivity index (χ3v) is 5.88. The van der Waals surface area contributed by atoms with Crippen molar-refractivity contribution in [3.05, 3.63) is 36.0 Å². The molecule has 2 aromatic heterocycles. The van der Waals surface area contributed by atoms with Crippen LogP contribution in [0.2, 0.25) is 0 Å². The molecule has 1 aromatic carbocycles. The number of aromatic nitrogens is 2. The Labute approximate surface area is 147 Å². The summed E-state index contributed by atoms with van der Waals surface area (Å²) in [5.74, 6) is -0.0310. The molecule has 0 aliphatic carbocycles. The van der Waals surface area contributed by atoms with E-state index in [1.165, 1.54) is 29.4 Å². The summed E-state index contributed by atoms with van der Waals surface area (Å²) in [4.78, 5) is 20.9. The zero-order valence-electron chi connectivity index (χ0n) is 13.2. The number of ether oxygens (including phenoxy) is 1. The first-order chi connectivity index (χ1) is 11.6. The van der Waals surface area contributed by atoms with Crippen molar-refractivity contribution in [2.24, 2.45) is 0 Å². The van der Waals surface area contributed by atoms with Crippen LogP contribution in [0.1, 0.15) is 13.3 Å². The number of rotatable bonds is 6. The van der Waals surface area contributed by atoms with Gasteiger partial charge in [0.05, 0.1) is 12.5 Å². The summed E-state index contributed by atoms with van der Waals surface area (Å²) in [5.41, 5.74) is 2.04. The number of hydrogen-bond acceptors (Lipinski definition) is 6. The van der Waals surface area contributed by atoms with E-state index in [2.05, 4.69) is 9.97 Å². The maximum Gasteiger partial charge on any atom is 0.317 e. The Hall–Kier alpha value is -2.12. The monoisotopic (exact) mass is 360 g/mol. The Bertz CT molecular complexity index is 862. The number of thiophene rings is 1. The van der Waals surface area contributed by atoms with E-state index in [9.17, 15) is 9.90 Å². The fourth-order valence-electron chi connectivity index (χ4n) is 2.36. The summed E-state index contributed by atoms with van der Waals surface area (Å²) >= 11 is 2.81. The number of fused-ring (bicyclic) bond motifs is 1. The Balaban J connectivity index is 2.07. The number of thioether (sulfide) groups is 1. The van der Waals surface area contributed by atoms with Crippen LogP contribution in [0.25, 0.3) is 21.3 Å². The van der Waals surface area contributed by atoms with E-state index in [0.29, 0.717) is 11.4 Å². The zero-order chi connectivity index (χ0) is 17.1. The number of carbonyl (C=O) groups is 1. The average Bonchev–Trinajstić information content (AvgIpc) is 3.04. The van der Waals surface area contributed by atoms with E-state index in [1.54, 1.807) is 7.11 Å². The molecule has 0 saturated heterocycles. The second-order valence-electron chi connectivity index (χ2n) is 5.09. The van der Waals surface area contributed by atoms with Crippen molar-refractivity contribution in [3.63, 3.8) is 0 Å². The van der Waals surface area contributed by atoms with Crippen molar-refractivity contribution >= 4 is 39.3 Å². The average molecular weight is 360 g/mol. The highest BCUT2D eigenvalue weighted by molar-refractivity contribution is 8.00. The van der Waals surface area contributed by atoms with Crippen molar-refractivity contribution in [2.45, 2.75) is 23.6 Å². The molecule has 3 rings (SSSR count). The lowest BCUT2D eigenvalue weighted by molar-refractivity contribution is -0.136. The molecule has 0 aliphatic heterocycles. The summed E-state index contributed by atoms with van der Waals surface area (Å²) in [6.07, 6.45) is 2.03. The van der Waals surface area contributed by atoms with Crippen molar-refractivity contribution in [3.8, 4) is 16.9 Å². The fraction of sp³-hybridized carbons (Fsp3) is 0.235. The Morgan fingerprint density at radius 1 is 1.33 bits per heavy atom. The minimum atomic E-state index is -0.824. The molecule has 124 valence electrons. The number of methoxy groups -OCH3 is 1. The topological polar surface area (TPSA) is 72.3 Å². The molecule has 2 heterocycles. The number of benzene rings is 1. The number of hydrogen-bond donors (Lipinski definition) is 1. The Morgan fingerprint density at radius 3 is 2.71 bits per heavy atom. The third-order valence-electron chi connectivity index (χ3n) is 3.64. The lowest BCUT2D eigenvalue weighted by Crippen LogP contribution is -2.15. The van der Waals surface area contributed by atoms with E-state index in [-0.39, 0.29) is 0 Å². The van der Waals surface area contributed by atoms with Crippen molar-refractivity contribution in [1.82, 2.24) is 9.97 Å². The number of carboxylic acid groups (broad SMARTS) is 1. The van der Waals surface area contributed by atoms with Crippen LogP contribution in [0.5, 0.6) is 5.75 Å². The maximum atomic E-state index is 11.4. The van der Waals surface area contributed by atoms with Crippen molar-refractivity contribution in [1.29, 1.82) is 0 Å². The smallest absolute Gasteiger partial charge is 0.317 e. The van der Waals surface area contributed by atoms with Gasteiger partial charge in [0.1, 0.15) is 27.2 Å². The summed E-state index contributed by atoms with van der Waals surface area (Å²) in [7, 11) is 1.63. The van der Waals surface area contributed by atoms with Gasteiger partial charge in [-0.05, 0) is 24.1 Å². The lowest BCUT2D eigenvalue weighted by atomic mass is 10.1. The molecular weight excluding hydrogens is 344 g/mol. The molecule has 0 aliphatic rings. The minimum Gasteiger partial charge on any atom is -0.497 e. The van der Waals surface area contributed by atoms with Gasteiger partial charge in [0.15, 0.2) is 0 Å². The van der Waals surface area contributed by atoms with Gasteiger partial charge in [0.25, 0.3) is 0 Å². The predicted molar refractivity (Wildman–Crippen MR) is 97.0 cm³/mol. The predicted octanol–water partition coefficient (Wildman–Crippen LogP) is 4.32. The van der Waals surface area contributed by atoms with Gasteiger partial charge in [-0.25, -0.2) is 9.97 Å². The zero-order valence-corrected chi connectivity index (χ0v) is 14.9. The van der Waals surface area contributed by atoms with Gasteiger partial charge < -0.3 is 9.84 Å². The minimum absolute atomic E-state index is 0.522. The Morgan fingerprint density at radius 2 is 2.08 bits per heavy atom. The van der Waals surface area contributed by atoms with Crippen LogP contribution in [0.3, 0.4) is 0 Å². The molecule has 3 aromatic rings. The summed E-state index contributed by atoms with van der Waals surface area (Å²) in [6, 6.07) is 7.77. The van der Waals surface area contributed by atoms with Crippen molar-refractivity contribution in [2.75, 3.05) is 7.11 Å². The van der Waals surface area contributed by atoms with E-state index >= 15 is 0 Å². The highest BCUT2D eigenvalue weighted by Gasteiger charge is 2.21. The molecule has 0 radical (unpaired) electrons. The molecule has 7 heteroatoms. The number of aliphatic carboxylic acids is 1. The second-order valence-corrected chi connectivity index (χ2v) is 7.14. The normalized spacial score (nSPS) is 12.2. The molecule has 0 unspecified atom stereocenters. The lowest BCUT2D eigenvalue weighted by Gasteiger charge is -2.10. The molecule has 0 fully saturated rings. The molecule has 1 N–H and O–H groups in total. The third kappa shape index (κ3) is 3.22. The van der Waals surface area contributed by atoms with Crippen LogP contribution in [-0.4, -0.2) is 33.4 Å². The molecular formula is C17H16N2O3S2. The number of carboxylic acids is 1. The highest BCUT2D eigenvalue weighted by Crippen LogP contribution is 2.39. The van der Waals surface area contributed by atoms with Gasteiger partial charge in [0, 0.05) is 10.9 Å². The van der Waals surface area contributed by atoms with Gasteiger partial charge in [-0.1, -0.05) is 30.8 Å². The highest BCUT2D eigenvalue weighted by atomic mass is 32.2. The molecule has 5 nitrogen and oxygen atoms in total. The van der Waals surface area contributed by atoms with E-state index < -0.39 is 11.2 Å². The van der Waals surface area contributed by atoms with E-state index in [1.807, 2.05) is 36.6 Å². The van der Waals surface area contributed by atoms with Gasteiger partial charge in [-0.3, -0.25) is 4.79 Å². The van der Waals surface area contributed by atoms with Crippen LogP contribution in [0, 0.1) is 0 Å². The summed E-state index contributed by atoms with van der Waals surface area (Å²) in [5, 5.41) is 12.5. The van der Waals surface area contributed by atoms with Gasteiger partial charge in [0.2, 0.25) is 0 Å². The first-order valence-corrected chi connectivity index (χ1v) is 9.16. The van der Waals surface area contributed by atoms with E-state index in [0.717, 1.165) is 27.1 Å². The fourth-order valence-corrected chi connectivity index (χ4v) is 4.31. The summed E-state index contributed by atoms with van der Waals surface area (Å²) in [6.45, 7) is 1.86. The van der Waals surface area contributed by atoms with Crippen LogP contribution >= 0.6 is 23.1 Å². The molecule has 0 saturated carbocycles.